The second kappa shape index (κ2) is 7.19. The average Bonchev–Trinajstić information content (AvgIpc) is 3.08. The number of nitrogens with one attached hydrogen (secondary N) is 1. The van der Waals surface area contributed by atoms with E-state index in [1.807, 2.05) is 36.9 Å². The minimum atomic E-state index is -0.0585. The lowest BCUT2D eigenvalue weighted by Crippen LogP contribution is -2.39. The van der Waals surface area contributed by atoms with Crippen LogP contribution in [-0.2, 0) is 6.54 Å². The smallest absolute Gasteiger partial charge is 0.318 e. The van der Waals surface area contributed by atoms with Gasteiger partial charge in [-0.25, -0.2) is 4.79 Å². The predicted molar refractivity (Wildman–Crippen MR) is 114 cm³/mol. The normalized spacial score (nSPS) is 15.8. The summed E-state index contributed by atoms with van der Waals surface area (Å²) >= 11 is 0. The molecular formula is C24H27N3O. The van der Waals surface area contributed by atoms with Crippen molar-refractivity contribution in [2.45, 2.75) is 40.3 Å². The maximum Gasteiger partial charge on any atom is 0.322 e. The van der Waals surface area contributed by atoms with Crippen molar-refractivity contribution in [3.05, 3.63) is 83.2 Å². The standard InChI is InChI=1S/C24H27N3O/c1-16(2)23-22-10-7-13-26(22)21-9-6-5-8-19(21)15-27(23)24(28)25-20-14-17(3)11-12-18(20)4/h5-14,16,23H,15H2,1-4H3,(H,25,28). The Bertz CT molecular complexity index is 1020. The van der Waals surface area contributed by atoms with Gasteiger partial charge in [-0.15, -0.1) is 0 Å². The van der Waals surface area contributed by atoms with Crippen LogP contribution in [0.3, 0.4) is 0 Å². The van der Waals surface area contributed by atoms with Crippen LogP contribution < -0.4 is 5.32 Å². The molecule has 4 nitrogen and oxygen atoms in total. The van der Waals surface area contributed by atoms with Gasteiger partial charge in [0.25, 0.3) is 0 Å². The van der Waals surface area contributed by atoms with Crippen molar-refractivity contribution < 1.29 is 4.79 Å². The lowest BCUT2D eigenvalue weighted by Gasteiger charge is -2.33. The number of carbonyl (C=O) groups is 1. The first-order valence-corrected chi connectivity index (χ1v) is 9.86. The summed E-state index contributed by atoms with van der Waals surface area (Å²) in [6.07, 6.45) is 2.09. The van der Waals surface area contributed by atoms with Crippen LogP contribution in [0.4, 0.5) is 10.5 Å². The number of aryl methyl sites for hydroxylation is 2. The summed E-state index contributed by atoms with van der Waals surface area (Å²) in [6.45, 7) is 9.00. The third-order valence-electron chi connectivity index (χ3n) is 5.54. The molecule has 2 amide bonds. The molecule has 0 bridgehead atoms. The molecular weight excluding hydrogens is 346 g/mol. The molecule has 1 aromatic heterocycles. The third kappa shape index (κ3) is 3.19. The van der Waals surface area contributed by atoms with Crippen LogP contribution in [0.15, 0.2) is 60.8 Å². The van der Waals surface area contributed by atoms with Crippen LogP contribution in [0.5, 0.6) is 0 Å². The van der Waals surface area contributed by atoms with Gasteiger partial charge in [0, 0.05) is 17.6 Å². The Morgan fingerprint density at radius 3 is 2.64 bits per heavy atom. The van der Waals surface area contributed by atoms with Gasteiger partial charge < -0.3 is 14.8 Å². The maximum atomic E-state index is 13.4. The van der Waals surface area contributed by atoms with Crippen molar-refractivity contribution in [1.82, 2.24) is 9.47 Å². The average molecular weight is 374 g/mol. The van der Waals surface area contributed by atoms with Crippen molar-refractivity contribution in [3.63, 3.8) is 0 Å². The first kappa shape index (κ1) is 18.4. The minimum absolute atomic E-state index is 0.00693. The second-order valence-electron chi connectivity index (χ2n) is 8.00. The fraction of sp³-hybridized carbons (Fsp3) is 0.292. The van der Waals surface area contributed by atoms with Crippen molar-refractivity contribution in [1.29, 1.82) is 0 Å². The summed E-state index contributed by atoms with van der Waals surface area (Å²) in [4.78, 5) is 15.4. The Balaban J connectivity index is 1.77. The van der Waals surface area contributed by atoms with E-state index in [0.717, 1.165) is 33.8 Å². The molecule has 1 atom stereocenters. The number of amides is 2. The first-order chi connectivity index (χ1) is 13.5. The molecule has 2 aromatic carbocycles. The molecule has 2 heterocycles. The molecule has 4 rings (SSSR count). The van der Waals surface area contributed by atoms with Crippen LogP contribution in [0, 0.1) is 19.8 Å². The molecule has 0 saturated heterocycles. The Hall–Kier alpha value is -3.01. The van der Waals surface area contributed by atoms with E-state index in [0.29, 0.717) is 6.54 Å². The molecule has 28 heavy (non-hydrogen) atoms. The number of aromatic nitrogens is 1. The van der Waals surface area contributed by atoms with Crippen molar-refractivity contribution >= 4 is 11.7 Å². The largest absolute Gasteiger partial charge is 0.322 e. The monoisotopic (exact) mass is 373 g/mol. The molecule has 144 valence electrons. The van der Waals surface area contributed by atoms with Gasteiger partial charge in [0.05, 0.1) is 18.3 Å². The number of hydrogen-bond acceptors (Lipinski definition) is 1. The predicted octanol–water partition coefficient (Wildman–Crippen LogP) is 5.84. The van der Waals surface area contributed by atoms with Gasteiger partial charge in [0.1, 0.15) is 0 Å². The number of fused-ring (bicyclic) bond motifs is 3. The van der Waals surface area contributed by atoms with E-state index in [1.165, 1.54) is 0 Å². The molecule has 0 spiro atoms. The molecule has 0 fully saturated rings. The highest BCUT2D eigenvalue weighted by molar-refractivity contribution is 5.90. The minimum Gasteiger partial charge on any atom is -0.318 e. The van der Waals surface area contributed by atoms with Crippen LogP contribution in [0.25, 0.3) is 5.69 Å². The van der Waals surface area contributed by atoms with E-state index in [2.05, 4.69) is 66.3 Å². The number of nitrogens with zero attached hydrogens (tertiary/aromatic N) is 2. The molecule has 1 aliphatic heterocycles. The Kier molecular flexibility index (Phi) is 4.71. The molecule has 0 aliphatic carbocycles. The number of hydrogen-bond donors (Lipinski definition) is 1. The van der Waals surface area contributed by atoms with E-state index in [9.17, 15) is 4.79 Å². The van der Waals surface area contributed by atoms with E-state index in [-0.39, 0.29) is 18.0 Å². The number of rotatable bonds is 2. The van der Waals surface area contributed by atoms with Crippen molar-refractivity contribution in [3.8, 4) is 5.69 Å². The summed E-state index contributed by atoms with van der Waals surface area (Å²) < 4.78 is 2.23. The fourth-order valence-corrected chi connectivity index (χ4v) is 4.13. The van der Waals surface area contributed by atoms with Gasteiger partial charge in [0.2, 0.25) is 0 Å². The Morgan fingerprint density at radius 2 is 1.86 bits per heavy atom. The van der Waals surface area contributed by atoms with Gasteiger partial charge in [-0.3, -0.25) is 0 Å². The molecule has 0 radical (unpaired) electrons. The highest BCUT2D eigenvalue weighted by atomic mass is 16.2. The number of carbonyl (C=O) groups excluding carboxylic acids is 1. The quantitative estimate of drug-likeness (QED) is 0.602. The second-order valence-corrected chi connectivity index (χ2v) is 8.00. The fourth-order valence-electron chi connectivity index (χ4n) is 4.13. The lowest BCUT2D eigenvalue weighted by molar-refractivity contribution is 0.162. The summed E-state index contributed by atoms with van der Waals surface area (Å²) in [5.74, 6) is 0.285. The number of urea groups is 1. The SMILES string of the molecule is Cc1ccc(C)c(NC(=O)N2Cc3ccccc3-n3cccc3C2C(C)C)c1. The van der Waals surface area contributed by atoms with Gasteiger partial charge >= 0.3 is 6.03 Å². The zero-order valence-electron chi connectivity index (χ0n) is 16.9. The molecule has 4 heteroatoms. The van der Waals surface area contributed by atoms with E-state index >= 15 is 0 Å². The number of benzene rings is 2. The summed E-state index contributed by atoms with van der Waals surface area (Å²) in [7, 11) is 0. The van der Waals surface area contributed by atoms with Crippen LogP contribution >= 0.6 is 0 Å². The van der Waals surface area contributed by atoms with E-state index in [4.69, 9.17) is 0 Å². The zero-order valence-corrected chi connectivity index (χ0v) is 16.9. The van der Waals surface area contributed by atoms with Gasteiger partial charge in [-0.1, -0.05) is 44.2 Å². The van der Waals surface area contributed by atoms with Crippen molar-refractivity contribution in [2.75, 3.05) is 5.32 Å². The van der Waals surface area contributed by atoms with Crippen LogP contribution in [0.1, 0.15) is 42.3 Å². The maximum absolute atomic E-state index is 13.4. The van der Waals surface area contributed by atoms with Crippen LogP contribution in [-0.4, -0.2) is 15.5 Å². The molecule has 0 saturated carbocycles. The summed E-state index contributed by atoms with van der Waals surface area (Å²) in [6, 6.07) is 18.6. The van der Waals surface area contributed by atoms with Crippen molar-refractivity contribution in [2.24, 2.45) is 5.92 Å². The topological polar surface area (TPSA) is 37.3 Å². The summed E-state index contributed by atoms with van der Waals surface area (Å²) in [5.41, 5.74) is 6.53. The Morgan fingerprint density at radius 1 is 1.07 bits per heavy atom. The summed E-state index contributed by atoms with van der Waals surface area (Å²) in [5, 5.41) is 3.16. The Labute approximate surface area is 166 Å². The molecule has 3 aromatic rings. The molecule has 1 aliphatic rings. The van der Waals surface area contributed by atoms with E-state index < -0.39 is 0 Å². The van der Waals surface area contributed by atoms with Crippen LogP contribution in [0.2, 0.25) is 0 Å². The molecule has 1 N–H and O–H groups in total. The third-order valence-corrected chi connectivity index (χ3v) is 5.54. The highest BCUT2D eigenvalue weighted by Gasteiger charge is 2.33. The molecule has 1 unspecified atom stereocenters. The first-order valence-electron chi connectivity index (χ1n) is 9.86. The highest BCUT2D eigenvalue weighted by Crippen LogP contribution is 2.37. The van der Waals surface area contributed by atoms with Gasteiger partial charge in [-0.05, 0) is 60.7 Å². The number of anilines is 1. The zero-order chi connectivity index (χ0) is 19.8. The van der Waals surface area contributed by atoms with Gasteiger partial charge in [-0.2, -0.15) is 0 Å². The number of para-hydroxylation sites is 1. The van der Waals surface area contributed by atoms with Gasteiger partial charge in [0.15, 0.2) is 0 Å². The lowest BCUT2D eigenvalue weighted by atomic mass is 9.99. The van der Waals surface area contributed by atoms with E-state index in [1.54, 1.807) is 0 Å².